The van der Waals surface area contributed by atoms with Crippen LogP contribution in [-0.4, -0.2) is 13.2 Å². The van der Waals surface area contributed by atoms with Crippen molar-refractivity contribution in [3.05, 3.63) is 20.8 Å². The summed E-state index contributed by atoms with van der Waals surface area (Å²) in [6.45, 7) is 3.80. The van der Waals surface area contributed by atoms with Crippen molar-refractivity contribution < 1.29 is 4.74 Å². The first-order valence-corrected chi connectivity index (χ1v) is 5.46. The largest absolute Gasteiger partial charge is 0.354 e. The van der Waals surface area contributed by atoms with Crippen LogP contribution in [0.25, 0.3) is 0 Å². The third-order valence-electron chi connectivity index (χ3n) is 2.00. The molecule has 1 atom stereocenters. The van der Waals surface area contributed by atoms with Crippen LogP contribution >= 0.6 is 39.7 Å². The molecule has 2 nitrogen and oxygen atoms in total. The van der Waals surface area contributed by atoms with Gasteiger partial charge < -0.3 is 4.74 Å². The van der Waals surface area contributed by atoms with Gasteiger partial charge in [-0.05, 0) is 35.0 Å². The van der Waals surface area contributed by atoms with E-state index in [1.54, 1.807) is 11.3 Å². The minimum Gasteiger partial charge on any atom is -0.354 e. The maximum atomic E-state index is 5.62. The number of thiophene rings is 1. The lowest BCUT2D eigenvalue weighted by Gasteiger charge is -2.21. The SMILES string of the molecule is CC1(c2ccc(Br)s2)NCCO1.Cl. The van der Waals surface area contributed by atoms with E-state index in [1.165, 1.54) is 4.88 Å². The Morgan fingerprint density at radius 2 is 2.38 bits per heavy atom. The maximum absolute atomic E-state index is 5.62. The van der Waals surface area contributed by atoms with E-state index in [0.29, 0.717) is 0 Å². The van der Waals surface area contributed by atoms with Crippen molar-refractivity contribution in [2.24, 2.45) is 0 Å². The van der Waals surface area contributed by atoms with Crippen molar-refractivity contribution in [3.63, 3.8) is 0 Å². The molecule has 1 aromatic heterocycles. The lowest BCUT2D eigenvalue weighted by atomic mass is 10.2. The predicted octanol–water partition coefficient (Wildman–Crippen LogP) is 2.72. The molecule has 0 bridgehead atoms. The molecule has 2 rings (SSSR count). The van der Waals surface area contributed by atoms with Gasteiger partial charge in [0.15, 0.2) is 5.72 Å². The molecule has 1 saturated heterocycles. The summed E-state index contributed by atoms with van der Waals surface area (Å²) in [5, 5.41) is 3.33. The molecule has 13 heavy (non-hydrogen) atoms. The summed E-state index contributed by atoms with van der Waals surface area (Å²) in [6, 6.07) is 4.14. The molecule has 1 fully saturated rings. The van der Waals surface area contributed by atoms with Crippen molar-refractivity contribution in [2.75, 3.05) is 13.2 Å². The summed E-state index contributed by atoms with van der Waals surface area (Å²) in [5.41, 5.74) is -0.253. The van der Waals surface area contributed by atoms with E-state index in [0.717, 1.165) is 16.9 Å². The monoisotopic (exact) mass is 283 g/mol. The Bertz CT molecular complexity index is 285. The quantitative estimate of drug-likeness (QED) is 0.856. The highest BCUT2D eigenvalue weighted by Crippen LogP contribution is 2.33. The molecule has 5 heteroatoms. The summed E-state index contributed by atoms with van der Waals surface area (Å²) < 4.78 is 6.77. The van der Waals surface area contributed by atoms with E-state index in [4.69, 9.17) is 4.74 Å². The second kappa shape index (κ2) is 4.28. The predicted molar refractivity (Wildman–Crippen MR) is 60.6 cm³/mol. The van der Waals surface area contributed by atoms with Gasteiger partial charge in [0.05, 0.1) is 15.3 Å². The van der Waals surface area contributed by atoms with Gasteiger partial charge in [-0.2, -0.15) is 0 Å². The van der Waals surface area contributed by atoms with Gasteiger partial charge >= 0.3 is 0 Å². The van der Waals surface area contributed by atoms with Crippen LogP contribution in [0.5, 0.6) is 0 Å². The lowest BCUT2D eigenvalue weighted by Crippen LogP contribution is -2.33. The molecule has 74 valence electrons. The van der Waals surface area contributed by atoms with Crippen molar-refractivity contribution in [1.82, 2.24) is 5.32 Å². The first-order chi connectivity index (χ1) is 5.71. The van der Waals surface area contributed by atoms with Gasteiger partial charge in [0.2, 0.25) is 0 Å². The highest BCUT2D eigenvalue weighted by atomic mass is 79.9. The lowest BCUT2D eigenvalue weighted by molar-refractivity contribution is 0.00562. The zero-order valence-electron chi connectivity index (χ0n) is 7.17. The zero-order chi connectivity index (χ0) is 8.60. The fraction of sp³-hybridized carbons (Fsp3) is 0.500. The molecular weight excluding hydrogens is 274 g/mol. The van der Waals surface area contributed by atoms with Crippen LogP contribution in [0.4, 0.5) is 0 Å². The van der Waals surface area contributed by atoms with Crippen LogP contribution in [0.2, 0.25) is 0 Å². The molecule has 0 radical (unpaired) electrons. The topological polar surface area (TPSA) is 21.3 Å². The summed E-state index contributed by atoms with van der Waals surface area (Å²) in [4.78, 5) is 1.23. The molecule has 1 unspecified atom stereocenters. The van der Waals surface area contributed by atoms with Crippen LogP contribution in [-0.2, 0) is 10.5 Å². The van der Waals surface area contributed by atoms with E-state index < -0.39 is 0 Å². The van der Waals surface area contributed by atoms with E-state index in [2.05, 4.69) is 40.3 Å². The second-order valence-corrected chi connectivity index (χ2v) is 5.38. The third kappa shape index (κ3) is 2.25. The first-order valence-electron chi connectivity index (χ1n) is 3.85. The molecule has 1 aliphatic rings. The van der Waals surface area contributed by atoms with Crippen LogP contribution in [0.15, 0.2) is 15.9 Å². The highest BCUT2D eigenvalue weighted by molar-refractivity contribution is 9.11. The van der Waals surface area contributed by atoms with Crippen LogP contribution in [0.1, 0.15) is 11.8 Å². The summed E-state index contributed by atoms with van der Waals surface area (Å²) in [5.74, 6) is 0. The average molecular weight is 285 g/mol. The Hall–Kier alpha value is 0.390. The van der Waals surface area contributed by atoms with Crippen LogP contribution < -0.4 is 5.32 Å². The molecular formula is C8H11BrClNOS. The van der Waals surface area contributed by atoms with E-state index in [1.807, 2.05) is 0 Å². The van der Waals surface area contributed by atoms with E-state index in [9.17, 15) is 0 Å². The smallest absolute Gasteiger partial charge is 0.151 e. The summed E-state index contributed by atoms with van der Waals surface area (Å²) in [7, 11) is 0. The van der Waals surface area contributed by atoms with Gasteiger partial charge in [0.1, 0.15) is 0 Å². The standard InChI is InChI=1S/C8H10BrNOS.ClH/c1-8(10-4-5-11-8)6-2-3-7(9)12-6;/h2-3,10H,4-5H2,1H3;1H. The molecule has 1 aromatic rings. The normalized spacial score (nSPS) is 27.2. The van der Waals surface area contributed by atoms with Gasteiger partial charge in [-0.25, -0.2) is 0 Å². The Morgan fingerprint density at radius 1 is 1.62 bits per heavy atom. The number of nitrogens with one attached hydrogen (secondary N) is 1. The number of rotatable bonds is 1. The van der Waals surface area contributed by atoms with Gasteiger partial charge in [0.25, 0.3) is 0 Å². The van der Waals surface area contributed by atoms with Crippen molar-refractivity contribution in [1.29, 1.82) is 0 Å². The first kappa shape index (κ1) is 11.5. The van der Waals surface area contributed by atoms with Crippen molar-refractivity contribution in [3.8, 4) is 0 Å². The molecule has 1 aliphatic heterocycles. The minimum atomic E-state index is -0.253. The molecule has 0 aliphatic carbocycles. The minimum absolute atomic E-state index is 0. The molecule has 0 saturated carbocycles. The highest BCUT2D eigenvalue weighted by Gasteiger charge is 2.32. The Balaban J connectivity index is 0.000000845. The average Bonchev–Trinajstić information content (AvgIpc) is 2.59. The number of hydrogen-bond donors (Lipinski definition) is 1. The van der Waals surface area contributed by atoms with Gasteiger partial charge in [0, 0.05) is 6.54 Å². The second-order valence-electron chi connectivity index (χ2n) is 2.91. The van der Waals surface area contributed by atoms with Gasteiger partial charge in [-0.15, -0.1) is 23.7 Å². The van der Waals surface area contributed by atoms with E-state index in [-0.39, 0.29) is 18.1 Å². The van der Waals surface area contributed by atoms with Crippen LogP contribution in [0, 0.1) is 0 Å². The summed E-state index contributed by atoms with van der Waals surface area (Å²) in [6.07, 6.45) is 0. The molecule has 2 heterocycles. The van der Waals surface area contributed by atoms with Crippen LogP contribution in [0.3, 0.4) is 0 Å². The van der Waals surface area contributed by atoms with Crippen molar-refractivity contribution >= 4 is 39.7 Å². The van der Waals surface area contributed by atoms with Crippen molar-refractivity contribution in [2.45, 2.75) is 12.6 Å². The number of halogens is 2. The van der Waals surface area contributed by atoms with E-state index >= 15 is 0 Å². The molecule has 0 amide bonds. The maximum Gasteiger partial charge on any atom is 0.151 e. The number of ether oxygens (including phenoxy) is 1. The molecule has 0 spiro atoms. The zero-order valence-corrected chi connectivity index (χ0v) is 10.4. The molecule has 1 N–H and O–H groups in total. The summed E-state index contributed by atoms with van der Waals surface area (Å²) >= 11 is 5.15. The van der Waals surface area contributed by atoms with Gasteiger partial charge in [-0.3, -0.25) is 5.32 Å². The van der Waals surface area contributed by atoms with Gasteiger partial charge in [-0.1, -0.05) is 0 Å². The fourth-order valence-electron chi connectivity index (χ4n) is 1.32. The Kier molecular flexibility index (Phi) is 3.77. The third-order valence-corrected chi connectivity index (χ3v) is 3.83. The molecule has 0 aromatic carbocycles. The Morgan fingerprint density at radius 3 is 2.85 bits per heavy atom. The fourth-order valence-corrected chi connectivity index (χ4v) is 2.79. The number of hydrogen-bond acceptors (Lipinski definition) is 3. The Labute approximate surface area is 96.2 Å².